The maximum atomic E-state index is 12.2. The molecule has 0 N–H and O–H groups in total. The molecule has 0 atom stereocenters. The number of ether oxygens (including phenoxy) is 1. The second-order valence-electron chi connectivity index (χ2n) is 3.12. The van der Waals surface area contributed by atoms with E-state index in [9.17, 15) is 9.18 Å². The van der Waals surface area contributed by atoms with Crippen molar-refractivity contribution >= 4 is 11.7 Å². The summed E-state index contributed by atoms with van der Waals surface area (Å²) in [6.45, 7) is -0.194. The Morgan fingerprint density at radius 2 is 2.13 bits per heavy atom. The summed E-state index contributed by atoms with van der Waals surface area (Å²) in [5.74, 6) is -0.406. The molecule has 0 saturated heterocycles. The maximum absolute atomic E-state index is 12.2. The van der Waals surface area contributed by atoms with Crippen molar-refractivity contribution in [3.63, 3.8) is 0 Å². The van der Waals surface area contributed by atoms with Crippen molar-refractivity contribution in [3.8, 4) is 0 Å². The van der Waals surface area contributed by atoms with Gasteiger partial charge in [-0.15, -0.1) is 0 Å². The first-order valence-electron chi connectivity index (χ1n) is 4.65. The minimum Gasteiger partial charge on any atom is -0.465 e. The first kappa shape index (κ1) is 11.5. The number of methoxy groups -OCH3 is 1. The van der Waals surface area contributed by atoms with E-state index in [-0.39, 0.29) is 6.54 Å². The van der Waals surface area contributed by atoms with Crippen LogP contribution in [0.4, 0.5) is 10.1 Å². The molecule has 0 radical (unpaired) electrons. The van der Waals surface area contributed by atoms with Gasteiger partial charge < -0.3 is 9.64 Å². The predicted octanol–water partition coefficient (Wildman–Crippen LogP) is 1.88. The van der Waals surface area contributed by atoms with Crippen molar-refractivity contribution in [1.29, 1.82) is 0 Å². The Morgan fingerprint density at radius 3 is 2.73 bits per heavy atom. The molecule has 4 heteroatoms. The normalized spacial score (nSPS) is 9.80. The second-order valence-corrected chi connectivity index (χ2v) is 3.12. The molecule has 0 aliphatic heterocycles. The van der Waals surface area contributed by atoms with Crippen LogP contribution in [0.25, 0.3) is 0 Å². The second kappa shape index (κ2) is 5.34. The molecule has 0 aliphatic rings. The van der Waals surface area contributed by atoms with Gasteiger partial charge in [0.25, 0.3) is 0 Å². The number of halogens is 1. The molecule has 0 bridgehead atoms. The molecular formula is C11H14FNO2. The molecule has 3 nitrogen and oxygen atoms in total. The number of rotatable bonds is 4. The van der Waals surface area contributed by atoms with Gasteiger partial charge in [-0.3, -0.25) is 0 Å². The average Bonchev–Trinajstić information content (AvgIpc) is 2.28. The predicted molar refractivity (Wildman–Crippen MR) is 57.0 cm³/mol. The number of carbonyl (C=O) groups is 1. The van der Waals surface area contributed by atoms with Crippen molar-refractivity contribution in [3.05, 3.63) is 29.8 Å². The highest BCUT2D eigenvalue weighted by molar-refractivity contribution is 5.95. The largest absolute Gasteiger partial charge is 0.465 e. The molecule has 0 aliphatic carbocycles. The average molecular weight is 211 g/mol. The van der Waals surface area contributed by atoms with E-state index in [0.29, 0.717) is 11.3 Å². The van der Waals surface area contributed by atoms with Gasteiger partial charge in [0.05, 0.1) is 18.4 Å². The zero-order valence-corrected chi connectivity index (χ0v) is 8.87. The highest BCUT2D eigenvalue weighted by Crippen LogP contribution is 2.19. The molecular weight excluding hydrogens is 197 g/mol. The molecule has 82 valence electrons. The number of anilines is 1. The number of hydrogen-bond donors (Lipinski definition) is 0. The third-order valence-electron chi connectivity index (χ3n) is 2.14. The van der Waals surface area contributed by atoms with Gasteiger partial charge in [0, 0.05) is 13.6 Å². The van der Waals surface area contributed by atoms with E-state index in [1.54, 1.807) is 36.2 Å². The van der Waals surface area contributed by atoms with Crippen LogP contribution in [-0.4, -0.2) is 33.3 Å². The van der Waals surface area contributed by atoms with E-state index in [1.807, 2.05) is 0 Å². The van der Waals surface area contributed by atoms with Crippen LogP contribution in [0, 0.1) is 0 Å². The summed E-state index contributed by atoms with van der Waals surface area (Å²) in [7, 11) is 3.07. The van der Waals surface area contributed by atoms with E-state index in [0.717, 1.165) is 0 Å². The van der Waals surface area contributed by atoms with Gasteiger partial charge in [-0.1, -0.05) is 12.1 Å². The van der Waals surface area contributed by atoms with Gasteiger partial charge in [-0.25, -0.2) is 9.18 Å². The van der Waals surface area contributed by atoms with E-state index >= 15 is 0 Å². The minimum atomic E-state index is -0.452. The molecule has 0 amide bonds. The lowest BCUT2D eigenvalue weighted by Crippen LogP contribution is -2.22. The van der Waals surface area contributed by atoms with Gasteiger partial charge in [0.2, 0.25) is 0 Å². The van der Waals surface area contributed by atoms with Crippen molar-refractivity contribution in [1.82, 2.24) is 0 Å². The van der Waals surface area contributed by atoms with Gasteiger partial charge >= 0.3 is 5.97 Å². The molecule has 0 spiro atoms. The molecule has 0 heterocycles. The van der Waals surface area contributed by atoms with Crippen molar-refractivity contribution in [2.75, 3.05) is 32.3 Å². The summed E-state index contributed by atoms with van der Waals surface area (Å²) in [5.41, 5.74) is 1.14. The lowest BCUT2D eigenvalue weighted by molar-refractivity contribution is 0.0601. The Labute approximate surface area is 88.5 Å². The van der Waals surface area contributed by atoms with Crippen molar-refractivity contribution in [2.45, 2.75) is 0 Å². The quantitative estimate of drug-likeness (QED) is 0.712. The topological polar surface area (TPSA) is 29.5 Å². The van der Waals surface area contributed by atoms with Crippen molar-refractivity contribution in [2.24, 2.45) is 0 Å². The minimum absolute atomic E-state index is 0.258. The maximum Gasteiger partial charge on any atom is 0.339 e. The van der Waals surface area contributed by atoms with E-state index < -0.39 is 12.6 Å². The SMILES string of the molecule is COC(=O)c1ccccc1N(C)CCF. The van der Waals surface area contributed by atoms with Gasteiger partial charge in [0.1, 0.15) is 6.67 Å². The van der Waals surface area contributed by atoms with Crippen LogP contribution in [0.15, 0.2) is 24.3 Å². The number of para-hydroxylation sites is 1. The number of benzene rings is 1. The van der Waals surface area contributed by atoms with Crippen LogP contribution >= 0.6 is 0 Å². The van der Waals surface area contributed by atoms with Crippen molar-refractivity contribution < 1.29 is 13.9 Å². The zero-order valence-electron chi connectivity index (χ0n) is 8.87. The van der Waals surface area contributed by atoms with Gasteiger partial charge in [-0.2, -0.15) is 0 Å². The Morgan fingerprint density at radius 1 is 1.47 bits per heavy atom. The van der Waals surface area contributed by atoms with Crippen LogP contribution < -0.4 is 4.90 Å². The monoisotopic (exact) mass is 211 g/mol. The standard InChI is InChI=1S/C11H14FNO2/c1-13(8-7-12)10-6-4-3-5-9(10)11(14)15-2/h3-6H,7-8H2,1-2H3. The highest BCUT2D eigenvalue weighted by Gasteiger charge is 2.13. The fourth-order valence-electron chi connectivity index (χ4n) is 1.34. The van der Waals surface area contributed by atoms with Crippen LogP contribution in [0.2, 0.25) is 0 Å². The molecule has 0 unspecified atom stereocenters. The Balaban J connectivity index is 3.00. The molecule has 1 rings (SSSR count). The lowest BCUT2D eigenvalue weighted by atomic mass is 10.1. The Hall–Kier alpha value is -1.58. The third kappa shape index (κ3) is 2.68. The summed E-state index contributed by atoms with van der Waals surface area (Å²) in [5, 5.41) is 0. The number of carbonyl (C=O) groups excluding carboxylic acids is 1. The Kier molecular flexibility index (Phi) is 4.09. The summed E-state index contributed by atoms with van der Waals surface area (Å²) in [6.07, 6.45) is 0. The first-order valence-corrected chi connectivity index (χ1v) is 4.65. The van der Waals surface area contributed by atoms with E-state index in [2.05, 4.69) is 4.74 Å². The van der Waals surface area contributed by atoms with Gasteiger partial charge in [0.15, 0.2) is 0 Å². The van der Waals surface area contributed by atoms with Crippen LogP contribution in [0.5, 0.6) is 0 Å². The molecule has 15 heavy (non-hydrogen) atoms. The smallest absolute Gasteiger partial charge is 0.339 e. The molecule has 1 aromatic rings. The summed E-state index contributed by atoms with van der Waals surface area (Å²) >= 11 is 0. The van der Waals surface area contributed by atoms with Crippen LogP contribution in [0.1, 0.15) is 10.4 Å². The van der Waals surface area contributed by atoms with Crippen LogP contribution in [0.3, 0.4) is 0 Å². The summed E-state index contributed by atoms with van der Waals surface area (Å²) < 4.78 is 16.8. The molecule has 1 aromatic carbocycles. The fraction of sp³-hybridized carbons (Fsp3) is 0.364. The first-order chi connectivity index (χ1) is 7.20. The molecule has 0 aromatic heterocycles. The molecule has 0 fully saturated rings. The third-order valence-corrected chi connectivity index (χ3v) is 2.14. The number of alkyl halides is 1. The van der Waals surface area contributed by atoms with E-state index in [4.69, 9.17) is 0 Å². The highest BCUT2D eigenvalue weighted by atomic mass is 19.1. The Bertz CT molecular complexity index is 341. The van der Waals surface area contributed by atoms with Gasteiger partial charge in [-0.05, 0) is 12.1 Å². The fourth-order valence-corrected chi connectivity index (χ4v) is 1.34. The summed E-state index contributed by atoms with van der Waals surface area (Å²) in [4.78, 5) is 13.1. The number of esters is 1. The molecule has 0 saturated carbocycles. The summed E-state index contributed by atoms with van der Waals surface area (Å²) in [6, 6.07) is 6.98. The lowest BCUT2D eigenvalue weighted by Gasteiger charge is -2.19. The zero-order chi connectivity index (χ0) is 11.3. The number of nitrogens with zero attached hydrogens (tertiary/aromatic N) is 1. The number of hydrogen-bond acceptors (Lipinski definition) is 3. The van der Waals surface area contributed by atoms with Crippen LogP contribution in [-0.2, 0) is 4.74 Å². The van der Waals surface area contributed by atoms with E-state index in [1.165, 1.54) is 7.11 Å².